The van der Waals surface area contributed by atoms with Gasteiger partial charge >= 0.3 is 0 Å². The van der Waals surface area contributed by atoms with Crippen molar-refractivity contribution in [3.8, 4) is 0 Å². The highest BCUT2D eigenvalue weighted by Gasteiger charge is 2.22. The van der Waals surface area contributed by atoms with Gasteiger partial charge in [0.1, 0.15) is 0 Å². The molecule has 1 aliphatic rings. The summed E-state index contributed by atoms with van der Waals surface area (Å²) < 4.78 is 0. The number of likely N-dealkylation sites (tertiary alicyclic amines) is 1. The molecule has 1 atom stereocenters. The van der Waals surface area contributed by atoms with E-state index in [2.05, 4.69) is 18.1 Å². The van der Waals surface area contributed by atoms with Crippen LogP contribution in [0.25, 0.3) is 0 Å². The van der Waals surface area contributed by atoms with Gasteiger partial charge < -0.3 is 5.73 Å². The molecule has 1 saturated heterocycles. The van der Waals surface area contributed by atoms with Crippen LogP contribution < -0.4 is 5.73 Å². The Morgan fingerprint density at radius 1 is 1.38 bits per heavy atom. The summed E-state index contributed by atoms with van der Waals surface area (Å²) in [4.78, 5) is 2.63. The first-order valence-corrected chi connectivity index (χ1v) is 8.14. The third kappa shape index (κ3) is 4.64. The Labute approximate surface area is 105 Å². The van der Waals surface area contributed by atoms with Gasteiger partial charge in [0, 0.05) is 12.6 Å². The van der Waals surface area contributed by atoms with Gasteiger partial charge in [-0.15, -0.1) is 0 Å². The topological polar surface area (TPSA) is 29.3 Å². The van der Waals surface area contributed by atoms with E-state index in [1.165, 1.54) is 50.9 Å². The van der Waals surface area contributed by atoms with Crippen LogP contribution in [0.5, 0.6) is 0 Å². The minimum Gasteiger partial charge on any atom is -0.329 e. The van der Waals surface area contributed by atoms with Crippen molar-refractivity contribution in [2.24, 2.45) is 11.7 Å². The second kappa shape index (κ2) is 8.37. The van der Waals surface area contributed by atoms with Crippen molar-refractivity contribution >= 4 is 11.8 Å². The third-order valence-corrected chi connectivity index (χ3v) is 4.60. The lowest BCUT2D eigenvalue weighted by Crippen LogP contribution is -2.45. The molecule has 0 saturated carbocycles. The van der Waals surface area contributed by atoms with Crippen LogP contribution in [-0.4, -0.2) is 42.6 Å². The van der Waals surface area contributed by atoms with E-state index in [-0.39, 0.29) is 0 Å². The van der Waals surface area contributed by atoms with Crippen LogP contribution in [-0.2, 0) is 0 Å². The molecule has 1 unspecified atom stereocenters. The van der Waals surface area contributed by atoms with Gasteiger partial charge in [0.05, 0.1) is 0 Å². The number of thioether (sulfide) groups is 1. The van der Waals surface area contributed by atoms with Crippen LogP contribution >= 0.6 is 11.8 Å². The monoisotopic (exact) mass is 244 g/mol. The zero-order valence-electron chi connectivity index (χ0n) is 11.0. The van der Waals surface area contributed by atoms with Crippen molar-refractivity contribution in [3.05, 3.63) is 0 Å². The highest BCUT2D eigenvalue weighted by molar-refractivity contribution is 7.98. The fourth-order valence-electron chi connectivity index (χ4n) is 2.64. The van der Waals surface area contributed by atoms with Crippen LogP contribution in [0.15, 0.2) is 0 Å². The number of nitrogens with zero attached hydrogens (tertiary/aromatic N) is 1. The largest absolute Gasteiger partial charge is 0.329 e. The summed E-state index contributed by atoms with van der Waals surface area (Å²) in [6, 6.07) is 0.643. The van der Waals surface area contributed by atoms with E-state index in [1.54, 1.807) is 0 Å². The fraction of sp³-hybridized carbons (Fsp3) is 1.00. The van der Waals surface area contributed by atoms with E-state index in [1.807, 2.05) is 11.8 Å². The van der Waals surface area contributed by atoms with Gasteiger partial charge in [-0.3, -0.25) is 4.90 Å². The summed E-state index contributed by atoms with van der Waals surface area (Å²) in [5.74, 6) is 2.25. The molecule has 3 heteroatoms. The van der Waals surface area contributed by atoms with Gasteiger partial charge in [0.15, 0.2) is 0 Å². The average molecular weight is 244 g/mol. The SMILES string of the molecule is CCC1CCN(C(CN)CCCSC)CC1. The molecule has 0 aromatic heterocycles. The molecule has 0 radical (unpaired) electrons. The van der Waals surface area contributed by atoms with E-state index in [0.29, 0.717) is 6.04 Å². The molecular formula is C13H28N2S. The summed E-state index contributed by atoms with van der Waals surface area (Å²) >= 11 is 1.95. The van der Waals surface area contributed by atoms with Gasteiger partial charge in [-0.2, -0.15) is 11.8 Å². The van der Waals surface area contributed by atoms with E-state index in [0.717, 1.165) is 12.5 Å². The Morgan fingerprint density at radius 3 is 2.56 bits per heavy atom. The van der Waals surface area contributed by atoms with Crippen LogP contribution in [0.3, 0.4) is 0 Å². The second-order valence-electron chi connectivity index (χ2n) is 4.91. The van der Waals surface area contributed by atoms with Crippen molar-refractivity contribution in [2.75, 3.05) is 31.6 Å². The second-order valence-corrected chi connectivity index (χ2v) is 5.90. The number of nitrogens with two attached hydrogens (primary N) is 1. The Morgan fingerprint density at radius 2 is 2.06 bits per heavy atom. The predicted molar refractivity (Wildman–Crippen MR) is 75.0 cm³/mol. The van der Waals surface area contributed by atoms with Crippen LogP contribution in [0.4, 0.5) is 0 Å². The molecule has 1 heterocycles. The van der Waals surface area contributed by atoms with Crippen molar-refractivity contribution in [1.82, 2.24) is 4.90 Å². The maximum absolute atomic E-state index is 5.90. The van der Waals surface area contributed by atoms with Gasteiger partial charge in [0.2, 0.25) is 0 Å². The van der Waals surface area contributed by atoms with E-state index in [4.69, 9.17) is 5.73 Å². The molecule has 2 N–H and O–H groups in total. The molecule has 2 nitrogen and oxygen atoms in total. The van der Waals surface area contributed by atoms with Gasteiger partial charge in [-0.1, -0.05) is 13.3 Å². The van der Waals surface area contributed by atoms with E-state index < -0.39 is 0 Å². The Hall–Kier alpha value is 0.270. The molecule has 1 aliphatic heterocycles. The number of rotatable bonds is 7. The normalized spacial score (nSPS) is 21.2. The van der Waals surface area contributed by atoms with Crippen LogP contribution in [0.2, 0.25) is 0 Å². The van der Waals surface area contributed by atoms with Crippen LogP contribution in [0, 0.1) is 5.92 Å². The molecule has 0 amide bonds. The number of piperidine rings is 1. The first kappa shape index (κ1) is 14.3. The van der Waals surface area contributed by atoms with Crippen molar-refractivity contribution in [1.29, 1.82) is 0 Å². The summed E-state index contributed by atoms with van der Waals surface area (Å²) in [5.41, 5.74) is 5.90. The lowest BCUT2D eigenvalue weighted by atomic mass is 9.93. The molecule has 1 rings (SSSR count). The quantitative estimate of drug-likeness (QED) is 0.698. The number of hydrogen-bond donors (Lipinski definition) is 1. The number of hydrogen-bond acceptors (Lipinski definition) is 3. The maximum Gasteiger partial charge on any atom is 0.0218 e. The van der Waals surface area contributed by atoms with Crippen molar-refractivity contribution in [3.63, 3.8) is 0 Å². The average Bonchev–Trinajstić information content (AvgIpc) is 2.35. The lowest BCUT2D eigenvalue weighted by Gasteiger charge is -2.37. The highest BCUT2D eigenvalue weighted by Crippen LogP contribution is 2.22. The summed E-state index contributed by atoms with van der Waals surface area (Å²) in [6.45, 7) is 5.71. The van der Waals surface area contributed by atoms with Gasteiger partial charge in [-0.05, 0) is 56.7 Å². The minimum atomic E-state index is 0.643. The van der Waals surface area contributed by atoms with E-state index >= 15 is 0 Å². The Bertz CT molecular complexity index is 165. The first-order chi connectivity index (χ1) is 7.81. The van der Waals surface area contributed by atoms with Crippen molar-refractivity contribution < 1.29 is 0 Å². The highest BCUT2D eigenvalue weighted by atomic mass is 32.2. The van der Waals surface area contributed by atoms with Gasteiger partial charge in [-0.25, -0.2) is 0 Å². The summed E-state index contributed by atoms with van der Waals surface area (Å²) in [5, 5.41) is 0. The molecule has 0 bridgehead atoms. The first-order valence-electron chi connectivity index (χ1n) is 6.74. The Balaban J connectivity index is 2.25. The molecule has 1 fully saturated rings. The van der Waals surface area contributed by atoms with E-state index in [9.17, 15) is 0 Å². The molecule has 0 aromatic carbocycles. The zero-order valence-corrected chi connectivity index (χ0v) is 11.8. The predicted octanol–water partition coefficient (Wildman–Crippen LogP) is 2.58. The van der Waals surface area contributed by atoms with Gasteiger partial charge in [0.25, 0.3) is 0 Å². The van der Waals surface area contributed by atoms with Crippen molar-refractivity contribution in [2.45, 2.75) is 45.1 Å². The Kier molecular flexibility index (Phi) is 7.50. The fourth-order valence-corrected chi connectivity index (χ4v) is 3.09. The molecule has 0 aliphatic carbocycles. The molecule has 0 spiro atoms. The smallest absolute Gasteiger partial charge is 0.0218 e. The summed E-state index contributed by atoms with van der Waals surface area (Å²) in [7, 11) is 0. The maximum atomic E-state index is 5.90. The standard InChI is InChI=1S/C13H28N2S/c1-3-12-6-8-15(9-7-12)13(11-14)5-4-10-16-2/h12-13H,3-11,14H2,1-2H3. The molecule has 96 valence electrons. The molecule has 0 aromatic rings. The molecular weight excluding hydrogens is 216 g/mol. The summed E-state index contributed by atoms with van der Waals surface area (Å²) in [6.07, 6.45) is 8.91. The minimum absolute atomic E-state index is 0.643. The van der Waals surface area contributed by atoms with Crippen LogP contribution in [0.1, 0.15) is 39.0 Å². The third-order valence-electron chi connectivity index (χ3n) is 3.90. The lowest BCUT2D eigenvalue weighted by molar-refractivity contribution is 0.128. The zero-order chi connectivity index (χ0) is 11.8. The molecule has 16 heavy (non-hydrogen) atoms.